The van der Waals surface area contributed by atoms with Gasteiger partial charge in [0.05, 0.1) is 7.11 Å². The first-order valence-electron chi connectivity index (χ1n) is 10.6. The number of anilines is 1. The van der Waals surface area contributed by atoms with Gasteiger partial charge < -0.3 is 19.3 Å². The third kappa shape index (κ3) is 5.29. The van der Waals surface area contributed by atoms with E-state index in [0.717, 1.165) is 11.1 Å². The van der Waals surface area contributed by atoms with Crippen molar-refractivity contribution in [1.29, 1.82) is 0 Å². The van der Waals surface area contributed by atoms with Crippen LogP contribution in [0.5, 0.6) is 11.5 Å². The zero-order valence-corrected chi connectivity index (χ0v) is 19.0. The third-order valence-corrected chi connectivity index (χ3v) is 5.08. The fourth-order valence-corrected chi connectivity index (χ4v) is 3.21. The molecular weight excluding hydrogens is 434 g/mol. The van der Waals surface area contributed by atoms with Gasteiger partial charge >= 0.3 is 0 Å². The normalized spacial score (nSPS) is 10.6. The van der Waals surface area contributed by atoms with Crippen LogP contribution in [0.15, 0.2) is 71.3 Å². The molecule has 0 aliphatic rings. The summed E-state index contributed by atoms with van der Waals surface area (Å²) in [6.45, 7) is 3.28. The van der Waals surface area contributed by atoms with E-state index in [4.69, 9.17) is 14.0 Å². The number of rotatable bonds is 8. The van der Waals surface area contributed by atoms with Gasteiger partial charge in [0.25, 0.3) is 11.8 Å². The Labute approximate surface area is 196 Å². The van der Waals surface area contributed by atoms with Gasteiger partial charge in [0.1, 0.15) is 0 Å². The van der Waals surface area contributed by atoms with Crippen LogP contribution >= 0.6 is 0 Å². The lowest BCUT2D eigenvalue weighted by molar-refractivity contribution is -0.118. The van der Waals surface area contributed by atoms with E-state index >= 15 is 0 Å². The first-order chi connectivity index (χ1) is 16.4. The number of carbonyl (C=O) groups excluding carboxylic acids is 2. The second kappa shape index (κ2) is 9.99. The van der Waals surface area contributed by atoms with Gasteiger partial charge in [-0.3, -0.25) is 9.59 Å². The number of hydrogen-bond acceptors (Lipinski definition) is 7. The van der Waals surface area contributed by atoms with Crippen molar-refractivity contribution < 1.29 is 23.6 Å². The Balaban J connectivity index is 1.41. The van der Waals surface area contributed by atoms with E-state index in [1.165, 1.54) is 14.0 Å². The van der Waals surface area contributed by atoms with Crippen molar-refractivity contribution >= 4 is 17.4 Å². The van der Waals surface area contributed by atoms with Crippen molar-refractivity contribution in [2.75, 3.05) is 19.0 Å². The smallest absolute Gasteiger partial charge is 0.262 e. The Morgan fingerprint density at radius 2 is 1.65 bits per heavy atom. The number of Topliss-reactive ketones (excluding diaryl/α,β-unsaturated/α-hetero) is 1. The number of hydrogen-bond donors (Lipinski definition) is 1. The topological polar surface area (TPSA) is 104 Å². The standard InChI is InChI=1S/C26H23N3O5/c1-16-4-6-19(7-5-16)26-28-25(29-34-26)20-10-13-22(23(14-20)32-3)33-15-24(31)27-21-11-8-18(9-12-21)17(2)30/h4-14H,15H2,1-3H3,(H,27,31). The largest absolute Gasteiger partial charge is 0.493 e. The van der Waals surface area contributed by atoms with E-state index in [9.17, 15) is 9.59 Å². The maximum atomic E-state index is 12.3. The molecule has 1 heterocycles. The van der Waals surface area contributed by atoms with E-state index < -0.39 is 0 Å². The van der Waals surface area contributed by atoms with Gasteiger partial charge in [0.2, 0.25) is 5.82 Å². The second-order valence-corrected chi connectivity index (χ2v) is 7.63. The maximum absolute atomic E-state index is 12.3. The van der Waals surface area contributed by atoms with Crippen LogP contribution in [0.2, 0.25) is 0 Å². The monoisotopic (exact) mass is 457 g/mol. The minimum Gasteiger partial charge on any atom is -0.493 e. The van der Waals surface area contributed by atoms with E-state index in [-0.39, 0.29) is 18.3 Å². The van der Waals surface area contributed by atoms with Crippen LogP contribution in [0.4, 0.5) is 5.69 Å². The summed E-state index contributed by atoms with van der Waals surface area (Å²) in [5, 5.41) is 6.79. The molecule has 3 aromatic carbocycles. The number of amides is 1. The predicted octanol–water partition coefficient (Wildman–Crippen LogP) is 4.94. The molecule has 0 spiro atoms. The molecule has 8 heteroatoms. The first kappa shape index (κ1) is 22.7. The summed E-state index contributed by atoms with van der Waals surface area (Å²) in [5.74, 6) is 1.27. The molecule has 0 saturated carbocycles. The lowest BCUT2D eigenvalue weighted by atomic mass is 10.1. The van der Waals surface area contributed by atoms with Crippen molar-refractivity contribution in [2.24, 2.45) is 0 Å². The molecule has 172 valence electrons. The summed E-state index contributed by atoms with van der Waals surface area (Å²) >= 11 is 0. The van der Waals surface area contributed by atoms with Crippen LogP contribution in [0.25, 0.3) is 22.8 Å². The second-order valence-electron chi connectivity index (χ2n) is 7.63. The highest BCUT2D eigenvalue weighted by molar-refractivity contribution is 5.96. The molecule has 0 aliphatic carbocycles. The number of benzene rings is 3. The predicted molar refractivity (Wildman–Crippen MR) is 127 cm³/mol. The number of carbonyl (C=O) groups is 2. The zero-order valence-electron chi connectivity index (χ0n) is 19.0. The summed E-state index contributed by atoms with van der Waals surface area (Å²) in [7, 11) is 1.51. The molecule has 4 rings (SSSR count). The number of nitrogens with one attached hydrogen (secondary N) is 1. The van der Waals surface area contributed by atoms with Crippen LogP contribution in [0.1, 0.15) is 22.8 Å². The molecule has 0 bridgehead atoms. The van der Waals surface area contributed by atoms with Gasteiger partial charge in [-0.05, 0) is 68.4 Å². The van der Waals surface area contributed by atoms with Gasteiger partial charge in [-0.2, -0.15) is 4.98 Å². The van der Waals surface area contributed by atoms with Crippen LogP contribution in [0.3, 0.4) is 0 Å². The SMILES string of the molecule is COc1cc(-c2noc(-c3ccc(C)cc3)n2)ccc1OCC(=O)Nc1ccc(C(C)=O)cc1. The van der Waals surface area contributed by atoms with Gasteiger partial charge in [-0.25, -0.2) is 0 Å². The molecule has 34 heavy (non-hydrogen) atoms. The molecule has 0 aliphatic heterocycles. The number of nitrogens with zero attached hydrogens (tertiary/aromatic N) is 2. The van der Waals surface area contributed by atoms with Gasteiger partial charge in [0, 0.05) is 22.4 Å². The number of aryl methyl sites for hydroxylation is 1. The van der Waals surface area contributed by atoms with Crippen LogP contribution < -0.4 is 14.8 Å². The van der Waals surface area contributed by atoms with Gasteiger partial charge in [0.15, 0.2) is 23.9 Å². The molecule has 0 saturated heterocycles. The molecule has 0 fully saturated rings. The van der Waals surface area contributed by atoms with Crippen LogP contribution in [0, 0.1) is 6.92 Å². The minimum absolute atomic E-state index is 0.0380. The van der Waals surface area contributed by atoms with Crippen molar-refractivity contribution in [2.45, 2.75) is 13.8 Å². The molecule has 1 amide bonds. The third-order valence-electron chi connectivity index (χ3n) is 5.08. The Bertz CT molecular complexity index is 1310. The highest BCUT2D eigenvalue weighted by Crippen LogP contribution is 2.32. The molecule has 8 nitrogen and oxygen atoms in total. The molecule has 1 aromatic heterocycles. The molecular formula is C26H23N3O5. The summed E-state index contributed by atoms with van der Waals surface area (Å²) < 4.78 is 16.5. The van der Waals surface area contributed by atoms with E-state index in [0.29, 0.717) is 40.0 Å². The highest BCUT2D eigenvalue weighted by atomic mass is 16.5. The first-order valence-corrected chi connectivity index (χ1v) is 10.6. The van der Waals surface area contributed by atoms with E-state index in [1.54, 1.807) is 42.5 Å². The van der Waals surface area contributed by atoms with Gasteiger partial charge in [-0.1, -0.05) is 22.9 Å². The fourth-order valence-electron chi connectivity index (χ4n) is 3.21. The van der Waals surface area contributed by atoms with Crippen molar-refractivity contribution in [3.8, 4) is 34.3 Å². The Morgan fingerprint density at radius 1 is 0.941 bits per heavy atom. The zero-order chi connectivity index (χ0) is 24.1. The van der Waals surface area contributed by atoms with Crippen LogP contribution in [-0.2, 0) is 4.79 Å². The maximum Gasteiger partial charge on any atom is 0.262 e. The summed E-state index contributed by atoms with van der Waals surface area (Å²) in [4.78, 5) is 28.1. The quantitative estimate of drug-likeness (QED) is 0.374. The highest BCUT2D eigenvalue weighted by Gasteiger charge is 2.14. The fraction of sp³-hybridized carbons (Fsp3) is 0.154. The summed E-state index contributed by atoms with van der Waals surface area (Å²) in [6.07, 6.45) is 0. The molecule has 0 radical (unpaired) electrons. The number of ether oxygens (including phenoxy) is 2. The number of methoxy groups -OCH3 is 1. The van der Waals surface area contributed by atoms with Crippen molar-refractivity contribution in [3.63, 3.8) is 0 Å². The van der Waals surface area contributed by atoms with Gasteiger partial charge in [-0.15, -0.1) is 0 Å². The molecule has 0 unspecified atom stereocenters. The summed E-state index contributed by atoms with van der Waals surface area (Å²) in [5.41, 5.74) is 3.80. The number of aromatic nitrogens is 2. The Hall–Kier alpha value is -4.46. The Kier molecular flexibility index (Phi) is 6.68. The average molecular weight is 457 g/mol. The number of ketones is 1. The molecule has 4 aromatic rings. The average Bonchev–Trinajstić information content (AvgIpc) is 3.34. The lowest BCUT2D eigenvalue weighted by Gasteiger charge is -2.11. The minimum atomic E-state index is -0.345. The van der Waals surface area contributed by atoms with E-state index in [2.05, 4.69) is 15.5 Å². The molecule has 1 N–H and O–H groups in total. The van der Waals surface area contributed by atoms with Crippen molar-refractivity contribution in [1.82, 2.24) is 10.1 Å². The van der Waals surface area contributed by atoms with Crippen molar-refractivity contribution in [3.05, 3.63) is 77.9 Å². The summed E-state index contributed by atoms with van der Waals surface area (Å²) in [6, 6.07) is 19.6. The Morgan fingerprint density at radius 3 is 2.32 bits per heavy atom. The van der Waals surface area contributed by atoms with Crippen LogP contribution in [-0.4, -0.2) is 35.5 Å². The lowest BCUT2D eigenvalue weighted by Crippen LogP contribution is -2.20. The molecule has 0 atom stereocenters. The van der Waals surface area contributed by atoms with E-state index in [1.807, 2.05) is 31.2 Å².